The number of aromatic nitrogens is 1. The van der Waals surface area contributed by atoms with Crippen LogP contribution in [0.25, 0.3) is 11.3 Å². The predicted molar refractivity (Wildman–Crippen MR) is 98.3 cm³/mol. The Hall–Kier alpha value is -2.21. The van der Waals surface area contributed by atoms with E-state index in [0.29, 0.717) is 18.2 Å². The first kappa shape index (κ1) is 20.8. The number of hydrogen-bond donors (Lipinski definition) is 1. The van der Waals surface area contributed by atoms with Gasteiger partial charge in [-0.3, -0.25) is 0 Å². The van der Waals surface area contributed by atoms with Gasteiger partial charge in [-0.05, 0) is 32.3 Å². The zero-order valence-corrected chi connectivity index (χ0v) is 15.8. The molecule has 0 aliphatic heterocycles. The molecule has 0 bridgehead atoms. The molecule has 1 aromatic heterocycles. The maximum atomic E-state index is 11.6. The van der Waals surface area contributed by atoms with Crippen molar-refractivity contribution in [1.29, 1.82) is 0 Å². The average Bonchev–Trinajstić information content (AvgIpc) is 2.93. The number of ether oxygens (including phenoxy) is 2. The molecule has 0 aliphatic rings. The van der Waals surface area contributed by atoms with E-state index in [1.807, 2.05) is 58.0 Å². The normalized spacial score (nSPS) is 10.7. The Morgan fingerprint density at radius 1 is 1.24 bits per heavy atom. The summed E-state index contributed by atoms with van der Waals surface area (Å²) in [7, 11) is 0. The highest BCUT2D eigenvalue weighted by Crippen LogP contribution is 2.30. The van der Waals surface area contributed by atoms with E-state index in [1.165, 1.54) is 0 Å². The minimum Gasteiger partial charge on any atom is -0.473 e. The molecule has 25 heavy (non-hydrogen) atoms. The lowest BCUT2D eigenvalue weighted by atomic mass is 10.1. The lowest BCUT2D eigenvalue weighted by Gasteiger charge is -2.19. The van der Waals surface area contributed by atoms with E-state index >= 15 is 0 Å². The van der Waals surface area contributed by atoms with Gasteiger partial charge < -0.3 is 19.3 Å². The van der Waals surface area contributed by atoms with Crippen molar-refractivity contribution < 1.29 is 18.8 Å². The molecule has 7 heteroatoms. The van der Waals surface area contributed by atoms with Crippen LogP contribution in [0.4, 0.5) is 4.79 Å². The molecule has 2 rings (SSSR count). The van der Waals surface area contributed by atoms with Crippen molar-refractivity contribution in [3.8, 4) is 17.2 Å². The van der Waals surface area contributed by atoms with Crippen molar-refractivity contribution in [2.45, 2.75) is 39.7 Å². The summed E-state index contributed by atoms with van der Waals surface area (Å²) in [6.07, 6.45) is 0.273. The smallest absolute Gasteiger partial charge is 0.407 e. The molecule has 6 nitrogen and oxygen atoms in total. The monoisotopic (exact) mass is 368 g/mol. The molecule has 1 aromatic carbocycles. The Labute approximate surface area is 154 Å². The number of nitrogens with one attached hydrogen (secondary N) is 1. The van der Waals surface area contributed by atoms with Crippen LogP contribution in [0.15, 0.2) is 34.9 Å². The van der Waals surface area contributed by atoms with E-state index in [9.17, 15) is 4.79 Å². The predicted octanol–water partition coefficient (Wildman–Crippen LogP) is 4.23. The summed E-state index contributed by atoms with van der Waals surface area (Å²) >= 11 is 0. The van der Waals surface area contributed by atoms with E-state index in [1.54, 1.807) is 0 Å². The van der Waals surface area contributed by atoms with Gasteiger partial charge in [-0.2, -0.15) is 0 Å². The maximum Gasteiger partial charge on any atom is 0.407 e. The van der Waals surface area contributed by atoms with Crippen LogP contribution < -0.4 is 10.1 Å². The van der Waals surface area contributed by atoms with Crippen molar-refractivity contribution in [3.63, 3.8) is 0 Å². The van der Waals surface area contributed by atoms with Gasteiger partial charge in [0.25, 0.3) is 5.88 Å². The summed E-state index contributed by atoms with van der Waals surface area (Å²) in [6.45, 7) is 8.08. The summed E-state index contributed by atoms with van der Waals surface area (Å²) in [5, 5.41) is 6.64. The molecule has 0 saturated heterocycles. The summed E-state index contributed by atoms with van der Waals surface area (Å²) < 4.78 is 16.2. The van der Waals surface area contributed by atoms with Crippen LogP contribution in [0.1, 0.15) is 33.3 Å². The number of carbonyl (C=O) groups is 1. The first-order valence-corrected chi connectivity index (χ1v) is 8.04. The molecule has 138 valence electrons. The Bertz CT molecular complexity index is 665. The van der Waals surface area contributed by atoms with E-state index in [0.717, 1.165) is 17.5 Å². The highest BCUT2D eigenvalue weighted by atomic mass is 35.5. The number of carbonyl (C=O) groups excluding carboxylic acids is 1. The van der Waals surface area contributed by atoms with E-state index in [2.05, 4.69) is 10.5 Å². The van der Waals surface area contributed by atoms with Crippen molar-refractivity contribution in [1.82, 2.24) is 10.5 Å². The molecule has 2 aromatic rings. The fraction of sp³-hybridized carbons (Fsp3) is 0.444. The van der Waals surface area contributed by atoms with Crippen molar-refractivity contribution in [2.75, 3.05) is 13.2 Å². The van der Waals surface area contributed by atoms with Gasteiger partial charge >= 0.3 is 6.09 Å². The van der Waals surface area contributed by atoms with Gasteiger partial charge in [0, 0.05) is 5.56 Å². The lowest BCUT2D eigenvalue weighted by Crippen LogP contribution is -2.34. The molecule has 0 saturated carbocycles. The Kier molecular flexibility index (Phi) is 7.77. The van der Waals surface area contributed by atoms with E-state index in [4.69, 9.17) is 14.0 Å². The first-order valence-electron chi connectivity index (χ1n) is 8.04. The molecule has 0 atom stereocenters. The minimum absolute atomic E-state index is 0. The number of amides is 1. The van der Waals surface area contributed by atoms with Gasteiger partial charge in [-0.15, -0.1) is 12.4 Å². The number of alkyl carbamates (subject to hydrolysis) is 1. The van der Waals surface area contributed by atoms with E-state index < -0.39 is 11.7 Å². The highest BCUT2D eigenvalue weighted by Gasteiger charge is 2.18. The largest absolute Gasteiger partial charge is 0.473 e. The van der Waals surface area contributed by atoms with Crippen LogP contribution in [0.5, 0.6) is 5.88 Å². The van der Waals surface area contributed by atoms with Crippen molar-refractivity contribution in [2.24, 2.45) is 0 Å². The van der Waals surface area contributed by atoms with E-state index in [-0.39, 0.29) is 19.0 Å². The van der Waals surface area contributed by atoms with Crippen LogP contribution in [0, 0.1) is 0 Å². The molecule has 0 radical (unpaired) electrons. The second-order valence-corrected chi connectivity index (χ2v) is 6.29. The van der Waals surface area contributed by atoms with Crippen LogP contribution in [-0.4, -0.2) is 30.0 Å². The van der Waals surface area contributed by atoms with Crippen LogP contribution >= 0.6 is 12.4 Å². The van der Waals surface area contributed by atoms with Gasteiger partial charge in [-0.1, -0.05) is 37.3 Å². The second-order valence-electron chi connectivity index (χ2n) is 6.29. The van der Waals surface area contributed by atoms with Crippen LogP contribution in [-0.2, 0) is 11.2 Å². The fourth-order valence-corrected chi connectivity index (χ4v) is 2.15. The third-order valence-corrected chi connectivity index (χ3v) is 3.15. The Morgan fingerprint density at radius 3 is 2.52 bits per heavy atom. The van der Waals surface area contributed by atoms with Crippen molar-refractivity contribution >= 4 is 18.5 Å². The van der Waals surface area contributed by atoms with Gasteiger partial charge in [-0.25, -0.2) is 4.79 Å². The number of nitrogens with zero attached hydrogens (tertiary/aromatic N) is 1. The number of hydrogen-bond acceptors (Lipinski definition) is 5. The van der Waals surface area contributed by atoms with Gasteiger partial charge in [0.05, 0.1) is 12.1 Å². The van der Waals surface area contributed by atoms with Crippen LogP contribution in [0.3, 0.4) is 0 Å². The SMILES string of the molecule is CCc1c(OCCNC(=O)OC(C)(C)C)noc1-c1ccccc1.Cl. The van der Waals surface area contributed by atoms with Crippen LogP contribution in [0.2, 0.25) is 0 Å². The third-order valence-electron chi connectivity index (χ3n) is 3.15. The molecular weight excluding hydrogens is 344 g/mol. The first-order chi connectivity index (χ1) is 11.4. The standard InChI is InChI=1S/C18H24N2O4.ClH/c1-5-14-15(13-9-7-6-8-10-13)24-20-16(14)22-12-11-19-17(21)23-18(2,3)4;/h6-10H,5,11-12H2,1-4H3,(H,19,21);1H. The lowest BCUT2D eigenvalue weighted by molar-refractivity contribution is 0.0519. The molecule has 0 unspecified atom stereocenters. The quantitative estimate of drug-likeness (QED) is 0.772. The molecular formula is C18H25ClN2O4. The van der Waals surface area contributed by atoms with Crippen molar-refractivity contribution in [3.05, 3.63) is 35.9 Å². The number of halogens is 1. The van der Waals surface area contributed by atoms with Gasteiger partial charge in [0.1, 0.15) is 12.2 Å². The van der Waals surface area contributed by atoms with Gasteiger partial charge in [0.2, 0.25) is 0 Å². The zero-order valence-electron chi connectivity index (χ0n) is 15.0. The molecule has 0 aliphatic carbocycles. The Morgan fingerprint density at radius 2 is 1.92 bits per heavy atom. The topological polar surface area (TPSA) is 73.6 Å². The third kappa shape index (κ3) is 6.31. The molecule has 0 fully saturated rings. The molecule has 1 heterocycles. The fourth-order valence-electron chi connectivity index (χ4n) is 2.15. The summed E-state index contributed by atoms with van der Waals surface area (Å²) in [4.78, 5) is 11.6. The molecule has 1 amide bonds. The molecule has 1 N–H and O–H groups in total. The number of benzene rings is 1. The zero-order chi connectivity index (χ0) is 17.6. The summed E-state index contributed by atoms with van der Waals surface area (Å²) in [5.41, 5.74) is 1.36. The second kappa shape index (κ2) is 9.32. The maximum absolute atomic E-state index is 11.6. The highest BCUT2D eigenvalue weighted by molar-refractivity contribution is 5.85. The number of rotatable bonds is 6. The summed E-state index contributed by atoms with van der Waals surface area (Å²) in [6, 6.07) is 9.78. The molecule has 0 spiro atoms. The minimum atomic E-state index is -0.517. The average molecular weight is 369 g/mol. The summed E-state index contributed by atoms with van der Waals surface area (Å²) in [5.74, 6) is 1.18. The Balaban J connectivity index is 0.00000312. The van der Waals surface area contributed by atoms with Gasteiger partial charge in [0.15, 0.2) is 5.76 Å².